The summed E-state index contributed by atoms with van der Waals surface area (Å²) in [7, 11) is 0. The summed E-state index contributed by atoms with van der Waals surface area (Å²) in [5.74, 6) is 1.75. The van der Waals surface area contributed by atoms with Crippen LogP contribution in [0.3, 0.4) is 0 Å². The summed E-state index contributed by atoms with van der Waals surface area (Å²) in [5, 5.41) is 16.0. The summed E-state index contributed by atoms with van der Waals surface area (Å²) in [6.07, 6.45) is 5.60. The van der Waals surface area contributed by atoms with Crippen LogP contribution in [0.2, 0.25) is 0 Å². The molecule has 2 aromatic rings. The number of amides is 1. The van der Waals surface area contributed by atoms with E-state index in [0.717, 1.165) is 36.8 Å². The standard InChI is InChI=1S/C17H26N6O/c1-3-13(2)18-17(24)10-9-15-20-19-14-7-8-16(21-23(14)15)22-11-5-4-6-12-22/h7-8,13H,3-6,9-12H2,1-2H3,(H,18,24). The maximum Gasteiger partial charge on any atom is 0.220 e. The number of carbonyl (C=O) groups is 1. The van der Waals surface area contributed by atoms with Crippen LogP contribution in [-0.2, 0) is 11.2 Å². The van der Waals surface area contributed by atoms with Crippen molar-refractivity contribution in [1.82, 2.24) is 25.1 Å². The normalized spacial score (nSPS) is 16.3. The number of carbonyl (C=O) groups excluding carboxylic acids is 1. The summed E-state index contributed by atoms with van der Waals surface area (Å²) < 4.78 is 1.78. The number of aromatic nitrogens is 4. The van der Waals surface area contributed by atoms with Crippen molar-refractivity contribution in [3.05, 3.63) is 18.0 Å². The maximum atomic E-state index is 12.0. The fourth-order valence-corrected chi connectivity index (χ4v) is 2.95. The molecular weight excluding hydrogens is 304 g/mol. The topological polar surface area (TPSA) is 75.4 Å². The molecule has 1 atom stereocenters. The van der Waals surface area contributed by atoms with Crippen LogP contribution in [-0.4, -0.2) is 44.8 Å². The minimum absolute atomic E-state index is 0.0493. The third kappa shape index (κ3) is 3.83. The van der Waals surface area contributed by atoms with Gasteiger partial charge in [-0.1, -0.05) is 6.92 Å². The highest BCUT2D eigenvalue weighted by molar-refractivity contribution is 5.76. The van der Waals surface area contributed by atoms with Gasteiger partial charge in [0.2, 0.25) is 5.91 Å². The number of nitrogens with one attached hydrogen (secondary N) is 1. The van der Waals surface area contributed by atoms with Crippen LogP contribution in [0.1, 0.15) is 51.8 Å². The first-order chi connectivity index (χ1) is 11.7. The van der Waals surface area contributed by atoms with E-state index in [0.29, 0.717) is 12.8 Å². The predicted molar refractivity (Wildman–Crippen MR) is 93.1 cm³/mol. The number of hydrogen-bond donors (Lipinski definition) is 1. The average Bonchev–Trinajstić information content (AvgIpc) is 3.03. The van der Waals surface area contributed by atoms with Gasteiger partial charge in [0.15, 0.2) is 11.5 Å². The molecule has 3 rings (SSSR count). The van der Waals surface area contributed by atoms with Gasteiger partial charge in [0.25, 0.3) is 0 Å². The largest absolute Gasteiger partial charge is 0.355 e. The van der Waals surface area contributed by atoms with Gasteiger partial charge in [-0.3, -0.25) is 4.79 Å². The molecule has 1 saturated heterocycles. The number of rotatable bonds is 6. The molecule has 1 fully saturated rings. The molecule has 2 aromatic heterocycles. The van der Waals surface area contributed by atoms with Crippen LogP contribution in [0.15, 0.2) is 12.1 Å². The van der Waals surface area contributed by atoms with Gasteiger partial charge in [0, 0.05) is 32.0 Å². The van der Waals surface area contributed by atoms with Crippen LogP contribution in [0.25, 0.3) is 5.65 Å². The van der Waals surface area contributed by atoms with E-state index >= 15 is 0 Å². The van der Waals surface area contributed by atoms with Crippen LogP contribution >= 0.6 is 0 Å². The molecule has 3 heterocycles. The van der Waals surface area contributed by atoms with E-state index in [1.165, 1.54) is 19.3 Å². The number of aryl methyl sites for hydroxylation is 1. The lowest BCUT2D eigenvalue weighted by molar-refractivity contribution is -0.121. The molecule has 24 heavy (non-hydrogen) atoms. The molecule has 1 unspecified atom stereocenters. The van der Waals surface area contributed by atoms with Gasteiger partial charge in [-0.15, -0.1) is 15.3 Å². The molecule has 1 N–H and O–H groups in total. The number of hydrogen-bond acceptors (Lipinski definition) is 5. The summed E-state index contributed by atoms with van der Waals surface area (Å²) in [4.78, 5) is 14.3. The Morgan fingerprint density at radius 3 is 2.79 bits per heavy atom. The van der Waals surface area contributed by atoms with E-state index in [-0.39, 0.29) is 11.9 Å². The van der Waals surface area contributed by atoms with Gasteiger partial charge in [-0.25, -0.2) is 0 Å². The van der Waals surface area contributed by atoms with Gasteiger partial charge in [-0.05, 0) is 44.7 Å². The minimum atomic E-state index is 0.0493. The highest BCUT2D eigenvalue weighted by Crippen LogP contribution is 2.18. The van der Waals surface area contributed by atoms with E-state index in [2.05, 4.69) is 27.3 Å². The quantitative estimate of drug-likeness (QED) is 0.876. The smallest absolute Gasteiger partial charge is 0.220 e. The first-order valence-corrected chi connectivity index (χ1v) is 8.93. The lowest BCUT2D eigenvalue weighted by Gasteiger charge is -2.27. The Morgan fingerprint density at radius 1 is 1.25 bits per heavy atom. The number of anilines is 1. The van der Waals surface area contributed by atoms with E-state index in [1.807, 2.05) is 19.1 Å². The van der Waals surface area contributed by atoms with Crippen molar-refractivity contribution < 1.29 is 4.79 Å². The Bertz CT molecular complexity index is 691. The molecule has 0 aliphatic carbocycles. The summed E-state index contributed by atoms with van der Waals surface area (Å²) >= 11 is 0. The van der Waals surface area contributed by atoms with E-state index in [1.54, 1.807) is 4.52 Å². The summed E-state index contributed by atoms with van der Waals surface area (Å²) in [6.45, 7) is 6.17. The molecule has 130 valence electrons. The van der Waals surface area contributed by atoms with Crippen molar-refractivity contribution >= 4 is 17.4 Å². The third-order valence-corrected chi connectivity index (χ3v) is 4.59. The lowest BCUT2D eigenvalue weighted by Crippen LogP contribution is -2.32. The van der Waals surface area contributed by atoms with Gasteiger partial charge >= 0.3 is 0 Å². The zero-order chi connectivity index (χ0) is 16.9. The van der Waals surface area contributed by atoms with Crippen LogP contribution in [0.4, 0.5) is 5.82 Å². The monoisotopic (exact) mass is 330 g/mol. The molecule has 1 aliphatic rings. The molecular formula is C17H26N6O. The Morgan fingerprint density at radius 2 is 2.04 bits per heavy atom. The van der Waals surface area contributed by atoms with Crippen molar-refractivity contribution in [1.29, 1.82) is 0 Å². The number of nitrogens with zero attached hydrogens (tertiary/aromatic N) is 5. The summed E-state index contributed by atoms with van der Waals surface area (Å²) in [5.41, 5.74) is 0.730. The fourth-order valence-electron chi connectivity index (χ4n) is 2.95. The maximum absolute atomic E-state index is 12.0. The van der Waals surface area contributed by atoms with Gasteiger partial charge in [0.1, 0.15) is 5.82 Å². The lowest BCUT2D eigenvalue weighted by atomic mass is 10.1. The molecule has 1 amide bonds. The molecule has 0 spiro atoms. The third-order valence-electron chi connectivity index (χ3n) is 4.59. The SMILES string of the molecule is CCC(C)NC(=O)CCc1nnc2ccc(N3CCCCC3)nn12. The highest BCUT2D eigenvalue weighted by atomic mass is 16.1. The van der Waals surface area contributed by atoms with Crippen molar-refractivity contribution in [2.45, 2.75) is 58.4 Å². The zero-order valence-electron chi connectivity index (χ0n) is 14.5. The highest BCUT2D eigenvalue weighted by Gasteiger charge is 2.15. The Labute approximate surface area is 142 Å². The molecule has 1 aliphatic heterocycles. The molecule has 0 saturated carbocycles. The molecule has 0 radical (unpaired) electrons. The second-order valence-electron chi connectivity index (χ2n) is 6.50. The second-order valence-corrected chi connectivity index (χ2v) is 6.50. The van der Waals surface area contributed by atoms with Gasteiger partial charge in [0.05, 0.1) is 0 Å². The molecule has 0 bridgehead atoms. The van der Waals surface area contributed by atoms with Crippen molar-refractivity contribution in [3.8, 4) is 0 Å². The van der Waals surface area contributed by atoms with E-state index in [4.69, 9.17) is 5.10 Å². The van der Waals surface area contributed by atoms with Crippen molar-refractivity contribution in [2.75, 3.05) is 18.0 Å². The number of piperidine rings is 1. The zero-order valence-corrected chi connectivity index (χ0v) is 14.5. The first-order valence-electron chi connectivity index (χ1n) is 8.93. The Balaban J connectivity index is 1.70. The van der Waals surface area contributed by atoms with Crippen LogP contribution < -0.4 is 10.2 Å². The van der Waals surface area contributed by atoms with Crippen LogP contribution in [0, 0.1) is 0 Å². The number of fused-ring (bicyclic) bond motifs is 1. The Kier molecular flexibility index (Phi) is 5.27. The molecule has 7 nitrogen and oxygen atoms in total. The van der Waals surface area contributed by atoms with Crippen molar-refractivity contribution in [3.63, 3.8) is 0 Å². The van der Waals surface area contributed by atoms with Gasteiger partial charge < -0.3 is 10.2 Å². The second kappa shape index (κ2) is 7.59. The molecule has 0 aromatic carbocycles. The van der Waals surface area contributed by atoms with Gasteiger partial charge in [-0.2, -0.15) is 4.52 Å². The molecule has 7 heteroatoms. The summed E-state index contributed by atoms with van der Waals surface area (Å²) in [6, 6.07) is 4.16. The van der Waals surface area contributed by atoms with E-state index < -0.39 is 0 Å². The van der Waals surface area contributed by atoms with Crippen LogP contribution in [0.5, 0.6) is 0 Å². The predicted octanol–water partition coefficient (Wildman–Crippen LogP) is 1.96. The van der Waals surface area contributed by atoms with E-state index in [9.17, 15) is 4.79 Å². The average molecular weight is 330 g/mol. The fraction of sp³-hybridized carbons (Fsp3) is 0.647. The van der Waals surface area contributed by atoms with Crippen molar-refractivity contribution in [2.24, 2.45) is 0 Å². The minimum Gasteiger partial charge on any atom is -0.355 e. The Hall–Kier alpha value is -2.18. The first kappa shape index (κ1) is 16.7.